The third-order valence-corrected chi connectivity index (χ3v) is 3.47. The van der Waals surface area contributed by atoms with Crippen molar-refractivity contribution in [1.82, 2.24) is 0 Å². The molecule has 0 spiro atoms. The number of benzene rings is 2. The molecule has 0 aliphatic rings. The maximum atomic E-state index is 5.94. The quantitative estimate of drug-likeness (QED) is 0.818. The molecule has 0 radical (unpaired) electrons. The zero-order chi connectivity index (χ0) is 14.5. The van der Waals surface area contributed by atoms with E-state index in [0.29, 0.717) is 12.2 Å². The Bertz CT molecular complexity index is 602. The summed E-state index contributed by atoms with van der Waals surface area (Å²) >= 11 is 3.43. The van der Waals surface area contributed by atoms with Crippen molar-refractivity contribution in [2.24, 2.45) is 0 Å². The third kappa shape index (κ3) is 3.36. The predicted octanol–water partition coefficient (Wildman–Crippen LogP) is 3.66. The molecule has 20 heavy (non-hydrogen) atoms. The maximum Gasteiger partial charge on any atom is 0.127 e. The molecule has 0 aliphatic carbocycles. The van der Waals surface area contributed by atoms with Crippen LogP contribution >= 0.6 is 15.9 Å². The predicted molar refractivity (Wildman–Crippen MR) is 85.4 cm³/mol. The fraction of sp³-hybridized carbons (Fsp3) is 0.200. The van der Waals surface area contributed by atoms with Crippen LogP contribution in [0.3, 0.4) is 0 Å². The van der Waals surface area contributed by atoms with E-state index in [1.165, 1.54) is 0 Å². The number of hydrogen-bond acceptors (Lipinski definition) is 4. The van der Waals surface area contributed by atoms with Gasteiger partial charge in [0.1, 0.15) is 11.5 Å². The zero-order valence-corrected chi connectivity index (χ0v) is 13.0. The van der Waals surface area contributed by atoms with Gasteiger partial charge in [0.25, 0.3) is 0 Å². The summed E-state index contributed by atoms with van der Waals surface area (Å²) in [5.41, 5.74) is 8.57. The van der Waals surface area contributed by atoms with Gasteiger partial charge < -0.3 is 20.5 Å². The summed E-state index contributed by atoms with van der Waals surface area (Å²) in [6.07, 6.45) is 0. The van der Waals surface area contributed by atoms with Crippen molar-refractivity contribution < 1.29 is 9.47 Å². The van der Waals surface area contributed by atoms with Crippen LogP contribution in [0, 0.1) is 0 Å². The second kappa shape index (κ2) is 6.52. The minimum atomic E-state index is 0.619. The van der Waals surface area contributed by atoms with Crippen LogP contribution in [-0.4, -0.2) is 14.2 Å². The molecule has 0 heterocycles. The van der Waals surface area contributed by atoms with Crippen molar-refractivity contribution in [1.29, 1.82) is 0 Å². The number of nitrogen functional groups attached to an aromatic ring is 1. The summed E-state index contributed by atoms with van der Waals surface area (Å²) in [5, 5.41) is 3.31. The van der Waals surface area contributed by atoms with Gasteiger partial charge in [-0.15, -0.1) is 0 Å². The highest BCUT2D eigenvalue weighted by atomic mass is 79.9. The molecule has 5 heteroatoms. The number of ether oxygens (including phenoxy) is 2. The number of nitrogens with one attached hydrogen (secondary N) is 1. The van der Waals surface area contributed by atoms with Gasteiger partial charge in [-0.25, -0.2) is 0 Å². The monoisotopic (exact) mass is 336 g/mol. The average molecular weight is 337 g/mol. The fourth-order valence-electron chi connectivity index (χ4n) is 1.87. The van der Waals surface area contributed by atoms with E-state index in [1.54, 1.807) is 14.2 Å². The van der Waals surface area contributed by atoms with Crippen LogP contribution in [0.25, 0.3) is 0 Å². The summed E-state index contributed by atoms with van der Waals surface area (Å²) < 4.78 is 11.5. The number of methoxy groups -OCH3 is 2. The van der Waals surface area contributed by atoms with E-state index in [4.69, 9.17) is 15.2 Å². The van der Waals surface area contributed by atoms with E-state index in [0.717, 1.165) is 27.2 Å². The Hall–Kier alpha value is -1.88. The molecule has 2 aromatic rings. The van der Waals surface area contributed by atoms with Gasteiger partial charge in [-0.2, -0.15) is 0 Å². The molecule has 0 amide bonds. The summed E-state index contributed by atoms with van der Waals surface area (Å²) in [4.78, 5) is 0. The molecule has 0 unspecified atom stereocenters. The van der Waals surface area contributed by atoms with Gasteiger partial charge in [0.05, 0.1) is 25.6 Å². The van der Waals surface area contributed by atoms with Crippen LogP contribution in [0.5, 0.6) is 11.5 Å². The SMILES string of the molecule is COc1ccc(CNc2cc(Br)ccc2N)c(OC)c1. The van der Waals surface area contributed by atoms with Crippen LogP contribution in [-0.2, 0) is 6.54 Å². The van der Waals surface area contributed by atoms with Crippen LogP contribution in [0.2, 0.25) is 0 Å². The number of rotatable bonds is 5. The van der Waals surface area contributed by atoms with Gasteiger partial charge in [0, 0.05) is 22.6 Å². The molecular formula is C15H17BrN2O2. The average Bonchev–Trinajstić information content (AvgIpc) is 2.48. The molecule has 3 N–H and O–H groups in total. The van der Waals surface area contributed by atoms with Crippen molar-refractivity contribution in [3.8, 4) is 11.5 Å². The van der Waals surface area contributed by atoms with Gasteiger partial charge in [-0.05, 0) is 30.3 Å². The summed E-state index contributed by atoms with van der Waals surface area (Å²) in [7, 11) is 3.28. The highest BCUT2D eigenvalue weighted by Gasteiger charge is 2.06. The van der Waals surface area contributed by atoms with Gasteiger partial charge in [-0.1, -0.05) is 15.9 Å². The lowest BCUT2D eigenvalue weighted by Gasteiger charge is -2.13. The lowest BCUT2D eigenvalue weighted by atomic mass is 10.1. The van der Waals surface area contributed by atoms with Gasteiger partial charge in [0.15, 0.2) is 0 Å². The minimum Gasteiger partial charge on any atom is -0.497 e. The highest BCUT2D eigenvalue weighted by Crippen LogP contribution is 2.27. The van der Waals surface area contributed by atoms with Crippen molar-refractivity contribution in [2.75, 3.05) is 25.3 Å². The van der Waals surface area contributed by atoms with E-state index in [9.17, 15) is 0 Å². The molecule has 0 atom stereocenters. The van der Waals surface area contributed by atoms with Gasteiger partial charge in [0.2, 0.25) is 0 Å². The normalized spacial score (nSPS) is 10.2. The second-order valence-electron chi connectivity index (χ2n) is 4.26. The Balaban J connectivity index is 2.16. The Kier molecular flexibility index (Phi) is 4.74. The van der Waals surface area contributed by atoms with Crippen LogP contribution in [0.1, 0.15) is 5.56 Å². The highest BCUT2D eigenvalue weighted by molar-refractivity contribution is 9.10. The molecule has 2 aromatic carbocycles. The van der Waals surface area contributed by atoms with Crippen molar-refractivity contribution in [3.05, 3.63) is 46.4 Å². The number of anilines is 2. The molecule has 2 rings (SSSR count). The topological polar surface area (TPSA) is 56.5 Å². The van der Waals surface area contributed by atoms with E-state index in [-0.39, 0.29) is 0 Å². The number of nitrogens with two attached hydrogens (primary N) is 1. The molecular weight excluding hydrogens is 320 g/mol. The van der Waals surface area contributed by atoms with Crippen LogP contribution in [0.15, 0.2) is 40.9 Å². The van der Waals surface area contributed by atoms with Crippen LogP contribution < -0.4 is 20.5 Å². The summed E-state index contributed by atoms with van der Waals surface area (Å²) in [6, 6.07) is 11.5. The van der Waals surface area contributed by atoms with E-state index >= 15 is 0 Å². The Morgan fingerprint density at radius 3 is 2.60 bits per heavy atom. The lowest BCUT2D eigenvalue weighted by molar-refractivity contribution is 0.391. The molecule has 106 valence electrons. The Morgan fingerprint density at radius 1 is 1.10 bits per heavy atom. The molecule has 0 fully saturated rings. The standard InChI is InChI=1S/C15H17BrN2O2/c1-19-12-5-3-10(15(8-12)20-2)9-18-14-7-11(16)4-6-13(14)17/h3-8,18H,9,17H2,1-2H3. The molecule has 0 bridgehead atoms. The largest absolute Gasteiger partial charge is 0.497 e. The van der Waals surface area contributed by atoms with Crippen LogP contribution in [0.4, 0.5) is 11.4 Å². The first kappa shape index (κ1) is 14.5. The van der Waals surface area contributed by atoms with Crippen molar-refractivity contribution in [2.45, 2.75) is 6.54 Å². The summed E-state index contributed by atoms with van der Waals surface area (Å²) in [6.45, 7) is 0.619. The van der Waals surface area contributed by atoms with Gasteiger partial charge >= 0.3 is 0 Å². The number of hydrogen-bond donors (Lipinski definition) is 2. The van der Waals surface area contributed by atoms with E-state index < -0.39 is 0 Å². The molecule has 0 saturated carbocycles. The fourth-order valence-corrected chi connectivity index (χ4v) is 2.23. The molecule has 4 nitrogen and oxygen atoms in total. The van der Waals surface area contributed by atoms with E-state index in [2.05, 4.69) is 21.2 Å². The number of halogens is 1. The molecule has 0 aromatic heterocycles. The smallest absolute Gasteiger partial charge is 0.127 e. The zero-order valence-electron chi connectivity index (χ0n) is 11.4. The first-order valence-electron chi connectivity index (χ1n) is 6.14. The Labute approximate surface area is 127 Å². The van der Waals surface area contributed by atoms with Crippen molar-refractivity contribution in [3.63, 3.8) is 0 Å². The van der Waals surface area contributed by atoms with Crippen molar-refractivity contribution >= 4 is 27.3 Å². The Morgan fingerprint density at radius 2 is 1.90 bits per heavy atom. The lowest BCUT2D eigenvalue weighted by Crippen LogP contribution is -2.04. The van der Waals surface area contributed by atoms with Gasteiger partial charge in [-0.3, -0.25) is 0 Å². The molecule has 0 aliphatic heterocycles. The first-order valence-corrected chi connectivity index (χ1v) is 6.93. The third-order valence-electron chi connectivity index (χ3n) is 2.98. The first-order chi connectivity index (χ1) is 9.63. The minimum absolute atomic E-state index is 0.619. The second-order valence-corrected chi connectivity index (χ2v) is 5.18. The maximum absolute atomic E-state index is 5.94. The summed E-state index contributed by atoms with van der Waals surface area (Å²) in [5.74, 6) is 1.55. The molecule has 0 saturated heterocycles. The van der Waals surface area contributed by atoms with E-state index in [1.807, 2.05) is 36.4 Å².